The number of fused-ring (bicyclic) bond motifs is 5. The van der Waals surface area contributed by atoms with Gasteiger partial charge in [-0.15, -0.1) is 0 Å². The van der Waals surface area contributed by atoms with Gasteiger partial charge >= 0.3 is 0 Å². The molecular weight excluding hydrogens is 298 g/mol. The third-order valence-electron chi connectivity index (χ3n) is 4.26. The molecule has 0 saturated heterocycles. The molecular formula is C17H14BrN. The fraction of sp³-hybridized carbons (Fsp3) is 0.176. The van der Waals surface area contributed by atoms with Gasteiger partial charge in [-0.3, -0.25) is 0 Å². The van der Waals surface area contributed by atoms with Crippen LogP contribution in [0, 0.1) is 0 Å². The smallest absolute Gasteiger partial charge is 0.0509 e. The van der Waals surface area contributed by atoms with Crippen molar-refractivity contribution < 1.29 is 0 Å². The molecule has 1 aromatic heterocycles. The Morgan fingerprint density at radius 1 is 1.05 bits per heavy atom. The zero-order valence-electron chi connectivity index (χ0n) is 10.9. The van der Waals surface area contributed by atoms with Gasteiger partial charge in [-0.1, -0.05) is 54.0 Å². The van der Waals surface area contributed by atoms with Crippen molar-refractivity contribution >= 4 is 26.8 Å². The van der Waals surface area contributed by atoms with Crippen molar-refractivity contribution in [2.75, 3.05) is 0 Å². The minimum Gasteiger partial charge on any atom is -0.354 e. The van der Waals surface area contributed by atoms with Gasteiger partial charge in [0.2, 0.25) is 0 Å². The number of nitrogens with one attached hydrogen (secondary N) is 1. The molecule has 0 saturated carbocycles. The predicted molar refractivity (Wildman–Crippen MR) is 83.6 cm³/mol. The van der Waals surface area contributed by atoms with Gasteiger partial charge in [-0.2, -0.15) is 0 Å². The molecule has 0 fully saturated rings. The van der Waals surface area contributed by atoms with Crippen molar-refractivity contribution in [3.63, 3.8) is 0 Å². The van der Waals surface area contributed by atoms with Crippen LogP contribution in [0.3, 0.4) is 0 Å². The molecule has 0 bridgehead atoms. The van der Waals surface area contributed by atoms with E-state index in [1.807, 2.05) is 0 Å². The van der Waals surface area contributed by atoms with E-state index in [0.29, 0.717) is 0 Å². The van der Waals surface area contributed by atoms with E-state index in [1.54, 1.807) is 0 Å². The number of para-hydroxylation sites is 1. The van der Waals surface area contributed by atoms with Crippen LogP contribution in [0.2, 0.25) is 0 Å². The molecule has 0 spiro atoms. The molecule has 2 heteroatoms. The Hall–Kier alpha value is -1.54. The lowest BCUT2D eigenvalue weighted by Gasteiger charge is -2.21. The first-order valence-electron chi connectivity index (χ1n) is 6.50. The largest absolute Gasteiger partial charge is 0.354 e. The molecule has 0 atom stereocenters. The molecule has 3 aromatic rings. The number of aromatic nitrogens is 1. The fourth-order valence-corrected chi connectivity index (χ4v) is 3.76. The lowest BCUT2D eigenvalue weighted by molar-refractivity contribution is 0.666. The minimum atomic E-state index is 0.0605. The molecule has 1 N–H and O–H groups in total. The topological polar surface area (TPSA) is 15.8 Å². The van der Waals surface area contributed by atoms with E-state index >= 15 is 0 Å². The average Bonchev–Trinajstić information content (AvgIpc) is 2.86. The Labute approximate surface area is 120 Å². The Balaban J connectivity index is 2.18. The Morgan fingerprint density at radius 2 is 1.84 bits per heavy atom. The summed E-state index contributed by atoms with van der Waals surface area (Å²) in [7, 11) is 0. The average molecular weight is 312 g/mol. The number of rotatable bonds is 0. The van der Waals surface area contributed by atoms with Crippen LogP contribution in [0.4, 0.5) is 0 Å². The van der Waals surface area contributed by atoms with E-state index in [4.69, 9.17) is 0 Å². The molecule has 19 heavy (non-hydrogen) atoms. The van der Waals surface area contributed by atoms with E-state index in [0.717, 1.165) is 4.47 Å². The van der Waals surface area contributed by atoms with Crippen LogP contribution in [0.1, 0.15) is 25.0 Å². The zero-order valence-corrected chi connectivity index (χ0v) is 12.5. The van der Waals surface area contributed by atoms with Crippen LogP contribution < -0.4 is 0 Å². The van der Waals surface area contributed by atoms with Gasteiger partial charge in [-0.05, 0) is 29.3 Å². The first-order valence-corrected chi connectivity index (χ1v) is 7.30. The van der Waals surface area contributed by atoms with Crippen molar-refractivity contribution in [1.29, 1.82) is 0 Å². The highest BCUT2D eigenvalue weighted by Gasteiger charge is 2.38. The maximum atomic E-state index is 3.59. The second kappa shape index (κ2) is 3.51. The standard InChI is InChI=1S/C17H14BrN/c1-17(2)13-8-7-10(18)9-12(13)16-15(17)11-5-3-4-6-14(11)19-16/h3-9,19H,1-2H3. The van der Waals surface area contributed by atoms with E-state index < -0.39 is 0 Å². The number of halogens is 1. The van der Waals surface area contributed by atoms with Crippen LogP contribution in [-0.4, -0.2) is 4.98 Å². The summed E-state index contributed by atoms with van der Waals surface area (Å²) in [5.74, 6) is 0. The van der Waals surface area contributed by atoms with Crippen molar-refractivity contribution in [2.45, 2.75) is 19.3 Å². The summed E-state index contributed by atoms with van der Waals surface area (Å²) in [4.78, 5) is 3.59. The van der Waals surface area contributed by atoms with E-state index in [9.17, 15) is 0 Å². The van der Waals surface area contributed by atoms with Crippen LogP contribution in [-0.2, 0) is 5.41 Å². The molecule has 1 aliphatic carbocycles. The van der Waals surface area contributed by atoms with E-state index in [2.05, 4.69) is 77.2 Å². The van der Waals surface area contributed by atoms with Crippen LogP contribution in [0.5, 0.6) is 0 Å². The van der Waals surface area contributed by atoms with E-state index in [1.165, 1.54) is 33.3 Å². The Morgan fingerprint density at radius 3 is 2.68 bits per heavy atom. The molecule has 0 amide bonds. The number of hydrogen-bond donors (Lipinski definition) is 1. The summed E-state index contributed by atoms with van der Waals surface area (Å²) in [6, 6.07) is 15.2. The van der Waals surface area contributed by atoms with Gasteiger partial charge in [0.25, 0.3) is 0 Å². The third kappa shape index (κ3) is 1.35. The maximum Gasteiger partial charge on any atom is 0.0509 e. The molecule has 94 valence electrons. The van der Waals surface area contributed by atoms with Crippen molar-refractivity contribution in [1.82, 2.24) is 4.98 Å². The van der Waals surface area contributed by atoms with Gasteiger partial charge in [0, 0.05) is 26.4 Å². The van der Waals surface area contributed by atoms with Crippen molar-refractivity contribution in [3.8, 4) is 11.3 Å². The highest BCUT2D eigenvalue weighted by atomic mass is 79.9. The predicted octanol–water partition coefficient (Wildman–Crippen LogP) is 5.24. The Bertz CT molecular complexity index is 811. The second-order valence-electron chi connectivity index (χ2n) is 5.74. The molecule has 1 aliphatic rings. The Kier molecular flexibility index (Phi) is 2.09. The lowest BCUT2D eigenvalue weighted by Crippen LogP contribution is -2.14. The molecule has 0 aliphatic heterocycles. The first kappa shape index (κ1) is 11.3. The lowest BCUT2D eigenvalue weighted by atomic mass is 9.81. The van der Waals surface area contributed by atoms with Crippen LogP contribution >= 0.6 is 15.9 Å². The highest BCUT2D eigenvalue weighted by Crippen LogP contribution is 2.51. The number of aromatic amines is 1. The van der Waals surface area contributed by atoms with E-state index in [-0.39, 0.29) is 5.41 Å². The molecule has 1 nitrogen and oxygen atoms in total. The van der Waals surface area contributed by atoms with Gasteiger partial charge in [-0.25, -0.2) is 0 Å². The molecule has 0 unspecified atom stereocenters. The van der Waals surface area contributed by atoms with Crippen LogP contribution in [0.25, 0.3) is 22.2 Å². The number of H-pyrrole nitrogens is 1. The number of benzene rings is 2. The molecule has 4 rings (SSSR count). The van der Waals surface area contributed by atoms with Crippen LogP contribution in [0.15, 0.2) is 46.9 Å². The maximum absolute atomic E-state index is 3.59. The quantitative estimate of drug-likeness (QED) is 0.584. The molecule has 0 radical (unpaired) electrons. The minimum absolute atomic E-state index is 0.0605. The van der Waals surface area contributed by atoms with Gasteiger partial charge in [0.05, 0.1) is 5.69 Å². The molecule has 1 heterocycles. The normalized spacial score (nSPS) is 15.5. The summed E-state index contributed by atoms with van der Waals surface area (Å²) in [6.45, 7) is 4.62. The highest BCUT2D eigenvalue weighted by molar-refractivity contribution is 9.10. The summed E-state index contributed by atoms with van der Waals surface area (Å²) >= 11 is 3.58. The summed E-state index contributed by atoms with van der Waals surface area (Å²) in [6.07, 6.45) is 0. The van der Waals surface area contributed by atoms with Crippen molar-refractivity contribution in [2.24, 2.45) is 0 Å². The fourth-order valence-electron chi connectivity index (χ4n) is 3.40. The second-order valence-corrected chi connectivity index (χ2v) is 6.65. The number of hydrogen-bond acceptors (Lipinski definition) is 0. The summed E-state index contributed by atoms with van der Waals surface area (Å²) in [5, 5.41) is 1.34. The zero-order chi connectivity index (χ0) is 13.2. The SMILES string of the molecule is CC1(C)c2ccc(Br)cc2-c2[nH]c3ccccc3c21. The summed E-state index contributed by atoms with van der Waals surface area (Å²) in [5.41, 5.74) is 6.73. The molecule has 2 aromatic carbocycles. The van der Waals surface area contributed by atoms with Gasteiger partial charge in [0.15, 0.2) is 0 Å². The van der Waals surface area contributed by atoms with Crippen molar-refractivity contribution in [3.05, 3.63) is 58.1 Å². The van der Waals surface area contributed by atoms with Gasteiger partial charge in [0.1, 0.15) is 0 Å². The summed E-state index contributed by atoms with van der Waals surface area (Å²) < 4.78 is 1.13. The monoisotopic (exact) mass is 311 g/mol. The first-order chi connectivity index (χ1) is 9.09. The van der Waals surface area contributed by atoms with Gasteiger partial charge < -0.3 is 4.98 Å². The third-order valence-corrected chi connectivity index (χ3v) is 4.75.